The third-order valence-electron chi connectivity index (χ3n) is 4.91. The Hall–Kier alpha value is -1.97. The minimum Gasteiger partial charge on any atom is -0.384 e. The Morgan fingerprint density at radius 1 is 1.22 bits per heavy atom. The first-order valence-electron chi connectivity index (χ1n) is 9.26. The molecule has 148 valence electrons. The van der Waals surface area contributed by atoms with Crippen LogP contribution in [-0.4, -0.2) is 50.5 Å². The van der Waals surface area contributed by atoms with Crippen LogP contribution in [0.4, 0.5) is 11.4 Å². The average molecular weight is 395 g/mol. The van der Waals surface area contributed by atoms with Gasteiger partial charge in [0, 0.05) is 31.8 Å². The lowest BCUT2D eigenvalue weighted by atomic mass is 9.97. The van der Waals surface area contributed by atoms with Gasteiger partial charge in [0.25, 0.3) is 5.69 Å². The maximum atomic E-state index is 13.0. The highest BCUT2D eigenvalue weighted by atomic mass is 32.2. The van der Waals surface area contributed by atoms with Crippen LogP contribution in [0.1, 0.15) is 32.1 Å². The number of non-ortho nitro benzene ring substituents is 1. The molecule has 0 unspecified atom stereocenters. The summed E-state index contributed by atoms with van der Waals surface area (Å²) in [6.07, 6.45) is 7.70. The lowest BCUT2D eigenvalue weighted by Gasteiger charge is -2.27. The summed E-state index contributed by atoms with van der Waals surface area (Å²) >= 11 is 0. The van der Waals surface area contributed by atoms with Crippen molar-refractivity contribution >= 4 is 21.4 Å². The van der Waals surface area contributed by atoms with Gasteiger partial charge in [-0.2, -0.15) is 4.31 Å². The Labute approximate surface area is 159 Å². The van der Waals surface area contributed by atoms with Gasteiger partial charge in [-0.15, -0.1) is 0 Å². The van der Waals surface area contributed by atoms with Gasteiger partial charge in [-0.3, -0.25) is 10.1 Å². The highest BCUT2D eigenvalue weighted by Crippen LogP contribution is 2.30. The number of sulfonamides is 1. The van der Waals surface area contributed by atoms with Crippen molar-refractivity contribution in [1.82, 2.24) is 4.31 Å². The number of benzene rings is 1. The Morgan fingerprint density at radius 2 is 2.00 bits per heavy atom. The van der Waals surface area contributed by atoms with Crippen LogP contribution in [0.3, 0.4) is 0 Å². The van der Waals surface area contributed by atoms with Crippen LogP contribution < -0.4 is 5.32 Å². The highest BCUT2D eigenvalue weighted by molar-refractivity contribution is 7.89. The Bertz CT molecular complexity index is 816. The van der Waals surface area contributed by atoms with E-state index in [-0.39, 0.29) is 23.7 Å². The van der Waals surface area contributed by atoms with Gasteiger partial charge in [0.2, 0.25) is 10.0 Å². The number of allylic oxidation sites excluding steroid dienone is 1. The van der Waals surface area contributed by atoms with Gasteiger partial charge in [-0.05, 0) is 38.2 Å². The molecule has 0 aromatic heterocycles. The SMILES string of the molecule is O=[N+]([O-])c1ccc(NCCC2=CCCCC2)c(S(=O)(=O)N2CCOCC2)c1. The number of nitrogens with zero attached hydrogens (tertiary/aromatic N) is 2. The quantitative estimate of drug-likeness (QED) is 0.433. The van der Waals surface area contributed by atoms with Crippen molar-refractivity contribution in [2.45, 2.75) is 37.0 Å². The molecule has 1 fully saturated rings. The predicted octanol–water partition coefficient (Wildman–Crippen LogP) is 2.92. The van der Waals surface area contributed by atoms with Crippen LogP contribution in [0.15, 0.2) is 34.7 Å². The summed E-state index contributed by atoms with van der Waals surface area (Å²) in [4.78, 5) is 10.5. The monoisotopic (exact) mass is 395 g/mol. The summed E-state index contributed by atoms with van der Waals surface area (Å²) in [5.41, 5.74) is 1.55. The second-order valence-electron chi connectivity index (χ2n) is 6.74. The molecule has 3 rings (SSSR count). The van der Waals surface area contributed by atoms with Crippen molar-refractivity contribution < 1.29 is 18.1 Å². The Morgan fingerprint density at radius 3 is 2.67 bits per heavy atom. The van der Waals surface area contributed by atoms with E-state index in [1.165, 1.54) is 34.9 Å². The van der Waals surface area contributed by atoms with Crippen molar-refractivity contribution in [3.63, 3.8) is 0 Å². The van der Waals surface area contributed by atoms with Crippen LogP contribution in [0.2, 0.25) is 0 Å². The normalized spacial score (nSPS) is 18.7. The number of rotatable bonds is 7. The molecule has 8 nitrogen and oxygen atoms in total. The van der Waals surface area contributed by atoms with Crippen molar-refractivity contribution in [1.29, 1.82) is 0 Å². The van der Waals surface area contributed by atoms with E-state index < -0.39 is 14.9 Å². The van der Waals surface area contributed by atoms with E-state index in [0.29, 0.717) is 25.4 Å². The first-order chi connectivity index (χ1) is 13.0. The molecule has 0 saturated carbocycles. The minimum absolute atomic E-state index is 0.0452. The van der Waals surface area contributed by atoms with Crippen LogP contribution in [0.5, 0.6) is 0 Å². The molecule has 0 atom stereocenters. The van der Waals surface area contributed by atoms with Crippen LogP contribution in [-0.2, 0) is 14.8 Å². The lowest BCUT2D eigenvalue weighted by Crippen LogP contribution is -2.40. The number of morpholine rings is 1. The highest BCUT2D eigenvalue weighted by Gasteiger charge is 2.30. The molecule has 0 radical (unpaired) electrons. The van der Waals surface area contributed by atoms with Gasteiger partial charge in [0.15, 0.2) is 0 Å². The van der Waals surface area contributed by atoms with Gasteiger partial charge in [-0.1, -0.05) is 11.6 Å². The number of hydrogen-bond acceptors (Lipinski definition) is 6. The molecule has 0 bridgehead atoms. The molecule has 2 aliphatic rings. The number of ether oxygens (including phenoxy) is 1. The molecular formula is C18H25N3O5S. The van der Waals surface area contributed by atoms with Gasteiger partial charge in [0.05, 0.1) is 23.8 Å². The second-order valence-corrected chi connectivity index (χ2v) is 8.65. The summed E-state index contributed by atoms with van der Waals surface area (Å²) in [6.45, 7) is 1.74. The first kappa shape index (κ1) is 19.8. The van der Waals surface area contributed by atoms with Gasteiger partial charge < -0.3 is 10.1 Å². The molecule has 27 heavy (non-hydrogen) atoms. The van der Waals surface area contributed by atoms with Gasteiger partial charge >= 0.3 is 0 Å². The Balaban J connectivity index is 1.82. The summed E-state index contributed by atoms with van der Waals surface area (Å²) in [7, 11) is -3.83. The fraction of sp³-hybridized carbons (Fsp3) is 0.556. The summed E-state index contributed by atoms with van der Waals surface area (Å²) in [5.74, 6) is 0. The van der Waals surface area contributed by atoms with Crippen molar-refractivity contribution in [2.24, 2.45) is 0 Å². The molecule has 1 aromatic carbocycles. The first-order valence-corrected chi connectivity index (χ1v) is 10.7. The largest absolute Gasteiger partial charge is 0.384 e. The van der Waals surface area contributed by atoms with E-state index in [4.69, 9.17) is 4.74 Å². The fourth-order valence-electron chi connectivity index (χ4n) is 3.40. The van der Waals surface area contributed by atoms with Crippen LogP contribution in [0, 0.1) is 10.1 Å². The second kappa shape index (κ2) is 8.81. The molecule has 1 aliphatic carbocycles. The van der Waals surface area contributed by atoms with E-state index >= 15 is 0 Å². The third kappa shape index (κ3) is 4.85. The van der Waals surface area contributed by atoms with E-state index in [2.05, 4.69) is 11.4 Å². The molecule has 1 heterocycles. The summed E-state index contributed by atoms with van der Waals surface area (Å²) in [5, 5.41) is 14.3. The molecule has 0 amide bonds. The maximum absolute atomic E-state index is 13.0. The summed E-state index contributed by atoms with van der Waals surface area (Å²) in [6, 6.07) is 3.97. The van der Waals surface area contributed by atoms with Crippen molar-refractivity contribution in [3.05, 3.63) is 40.0 Å². The van der Waals surface area contributed by atoms with Crippen LogP contribution in [0.25, 0.3) is 0 Å². The molecule has 0 spiro atoms. The molecule has 1 saturated heterocycles. The maximum Gasteiger partial charge on any atom is 0.270 e. The molecular weight excluding hydrogens is 370 g/mol. The molecule has 1 aliphatic heterocycles. The van der Waals surface area contributed by atoms with E-state index in [0.717, 1.165) is 25.3 Å². The number of nitrogens with one attached hydrogen (secondary N) is 1. The standard InChI is InChI=1S/C18H25N3O5S/c22-21(23)16-6-7-17(19-9-8-15-4-2-1-3-5-15)18(14-16)27(24,25)20-10-12-26-13-11-20/h4,6-7,14,19H,1-3,5,8-13H2. The zero-order chi connectivity index (χ0) is 19.3. The number of nitro groups is 1. The number of nitro benzene ring substituents is 1. The zero-order valence-electron chi connectivity index (χ0n) is 15.2. The third-order valence-corrected chi connectivity index (χ3v) is 6.85. The Kier molecular flexibility index (Phi) is 6.46. The van der Waals surface area contributed by atoms with Crippen LogP contribution >= 0.6 is 0 Å². The number of anilines is 1. The van der Waals surface area contributed by atoms with Crippen molar-refractivity contribution in [3.8, 4) is 0 Å². The van der Waals surface area contributed by atoms with Crippen molar-refractivity contribution in [2.75, 3.05) is 38.2 Å². The molecule has 9 heteroatoms. The van der Waals surface area contributed by atoms with Gasteiger partial charge in [-0.25, -0.2) is 8.42 Å². The van der Waals surface area contributed by atoms with E-state index in [1.54, 1.807) is 0 Å². The molecule has 1 aromatic rings. The lowest BCUT2D eigenvalue weighted by molar-refractivity contribution is -0.385. The van der Waals surface area contributed by atoms with E-state index in [9.17, 15) is 18.5 Å². The number of hydrogen-bond donors (Lipinski definition) is 1. The predicted molar refractivity (Wildman–Crippen MR) is 102 cm³/mol. The smallest absolute Gasteiger partial charge is 0.270 e. The van der Waals surface area contributed by atoms with E-state index in [1.807, 2.05) is 0 Å². The topological polar surface area (TPSA) is 102 Å². The fourth-order valence-corrected chi connectivity index (χ4v) is 5.00. The summed E-state index contributed by atoms with van der Waals surface area (Å²) < 4.78 is 32.6. The minimum atomic E-state index is -3.83. The average Bonchev–Trinajstić information content (AvgIpc) is 2.69. The molecule has 1 N–H and O–H groups in total. The zero-order valence-corrected chi connectivity index (χ0v) is 16.0. The van der Waals surface area contributed by atoms with Gasteiger partial charge in [0.1, 0.15) is 4.90 Å².